The van der Waals surface area contributed by atoms with Crippen LogP contribution in [0.25, 0.3) is 0 Å². The maximum atomic E-state index is 13.6. The average molecular weight is 333 g/mol. The summed E-state index contributed by atoms with van der Waals surface area (Å²) in [6.45, 7) is -0.0481. The molecule has 0 fully saturated rings. The number of rotatable bonds is 5. The Morgan fingerprint density at radius 1 is 1.30 bits per heavy atom. The highest BCUT2D eigenvalue weighted by Gasteiger charge is 2.13. The van der Waals surface area contributed by atoms with Gasteiger partial charge in [0.25, 0.3) is 0 Å². The molecule has 0 aliphatic carbocycles. The molecule has 0 heterocycles. The minimum Gasteiger partial charge on any atom is -0.388 e. The molecule has 2 aromatic rings. The highest BCUT2D eigenvalue weighted by atomic mass is 35.5. The van der Waals surface area contributed by atoms with E-state index in [9.17, 15) is 14.3 Å². The number of benzene rings is 2. The zero-order valence-corrected chi connectivity index (χ0v) is 12.8. The van der Waals surface area contributed by atoms with Crippen molar-refractivity contribution in [2.24, 2.45) is 0 Å². The third kappa shape index (κ3) is 4.78. The van der Waals surface area contributed by atoms with E-state index in [0.29, 0.717) is 16.1 Å². The summed E-state index contributed by atoms with van der Waals surface area (Å²) in [4.78, 5) is 11.8. The van der Waals surface area contributed by atoms with E-state index in [-0.39, 0.29) is 18.5 Å². The first-order chi connectivity index (χ1) is 11.0. The van der Waals surface area contributed by atoms with Crippen molar-refractivity contribution in [2.45, 2.75) is 19.1 Å². The van der Waals surface area contributed by atoms with Gasteiger partial charge >= 0.3 is 0 Å². The number of nitriles is 1. The molecule has 0 saturated carbocycles. The van der Waals surface area contributed by atoms with Crippen LogP contribution in [0.5, 0.6) is 0 Å². The molecular formula is C17H14ClFN2O2. The van der Waals surface area contributed by atoms with Crippen molar-refractivity contribution >= 4 is 17.5 Å². The Morgan fingerprint density at radius 3 is 2.65 bits per heavy atom. The fraction of sp³-hybridized carbons (Fsp3) is 0.176. The third-order valence-electron chi connectivity index (χ3n) is 3.28. The first-order valence-electron chi connectivity index (χ1n) is 6.88. The largest absolute Gasteiger partial charge is 0.388 e. The summed E-state index contributed by atoms with van der Waals surface area (Å²) in [5.74, 6) is -0.920. The van der Waals surface area contributed by atoms with Crippen molar-refractivity contribution in [2.75, 3.05) is 0 Å². The van der Waals surface area contributed by atoms with Crippen LogP contribution in [0.3, 0.4) is 0 Å². The van der Waals surface area contributed by atoms with E-state index < -0.39 is 17.8 Å². The second kappa shape index (κ2) is 7.73. The van der Waals surface area contributed by atoms with Crippen molar-refractivity contribution in [3.8, 4) is 6.07 Å². The number of halogens is 2. The van der Waals surface area contributed by atoms with Crippen molar-refractivity contribution < 1.29 is 14.3 Å². The van der Waals surface area contributed by atoms with Gasteiger partial charge in [0.15, 0.2) is 0 Å². The summed E-state index contributed by atoms with van der Waals surface area (Å²) in [6, 6.07) is 12.4. The summed E-state index contributed by atoms with van der Waals surface area (Å²) in [6.07, 6.45) is -1.12. The number of nitrogens with zero attached hydrogens (tertiary/aromatic N) is 1. The lowest BCUT2D eigenvalue weighted by atomic mass is 10.1. The van der Waals surface area contributed by atoms with Crippen molar-refractivity contribution in [3.63, 3.8) is 0 Å². The Kier molecular flexibility index (Phi) is 5.69. The zero-order chi connectivity index (χ0) is 16.8. The van der Waals surface area contributed by atoms with E-state index in [1.54, 1.807) is 24.3 Å². The Labute approximate surface area is 138 Å². The lowest BCUT2D eigenvalue weighted by molar-refractivity contribution is -0.123. The molecule has 1 unspecified atom stereocenters. The van der Waals surface area contributed by atoms with Gasteiger partial charge in [0.2, 0.25) is 5.91 Å². The van der Waals surface area contributed by atoms with Crippen LogP contribution in [-0.4, -0.2) is 11.0 Å². The summed E-state index contributed by atoms with van der Waals surface area (Å²) in [5.41, 5.74) is 1.11. The first kappa shape index (κ1) is 16.9. The van der Waals surface area contributed by atoms with Gasteiger partial charge in [-0.15, -0.1) is 0 Å². The zero-order valence-electron chi connectivity index (χ0n) is 12.1. The van der Waals surface area contributed by atoms with Crippen molar-refractivity contribution in [1.29, 1.82) is 5.26 Å². The van der Waals surface area contributed by atoms with Gasteiger partial charge in [-0.1, -0.05) is 23.7 Å². The molecule has 0 spiro atoms. The van der Waals surface area contributed by atoms with Crippen molar-refractivity contribution in [3.05, 3.63) is 70.0 Å². The van der Waals surface area contributed by atoms with E-state index in [4.69, 9.17) is 16.9 Å². The number of nitrogens with one attached hydrogen (secondary N) is 1. The Bertz CT molecular complexity index is 741. The van der Waals surface area contributed by atoms with Crippen LogP contribution in [0.2, 0.25) is 5.02 Å². The number of carbonyl (C=O) groups is 1. The van der Waals surface area contributed by atoms with E-state index in [1.807, 2.05) is 6.07 Å². The SMILES string of the molecule is N#Cc1ccc(F)c(CNC(=O)CC(O)c2ccc(Cl)cc2)c1. The number of aliphatic hydroxyl groups excluding tert-OH is 1. The number of aliphatic hydroxyl groups is 1. The molecule has 6 heteroatoms. The second-order valence-corrected chi connectivity index (χ2v) is 5.40. The van der Waals surface area contributed by atoms with Gasteiger partial charge in [-0.05, 0) is 35.9 Å². The van der Waals surface area contributed by atoms with Crippen LogP contribution in [0, 0.1) is 17.1 Å². The molecule has 0 aliphatic rings. The normalized spacial score (nSPS) is 11.6. The van der Waals surface area contributed by atoms with Crippen LogP contribution >= 0.6 is 11.6 Å². The molecule has 118 valence electrons. The number of amides is 1. The fourth-order valence-corrected chi connectivity index (χ4v) is 2.15. The predicted molar refractivity (Wildman–Crippen MR) is 84.0 cm³/mol. The summed E-state index contributed by atoms with van der Waals surface area (Å²) in [7, 11) is 0. The minimum atomic E-state index is -0.970. The standard InChI is InChI=1S/C17H14ClFN2O2/c18-14-4-2-12(3-5-14)16(22)8-17(23)21-10-13-7-11(9-20)1-6-15(13)19/h1-7,16,22H,8,10H2,(H,21,23). The van der Waals surface area contributed by atoms with Crippen LogP contribution in [0.1, 0.15) is 29.2 Å². The van der Waals surface area contributed by atoms with Gasteiger partial charge in [-0.25, -0.2) is 4.39 Å². The van der Waals surface area contributed by atoms with E-state index in [2.05, 4.69) is 5.32 Å². The molecule has 0 bridgehead atoms. The third-order valence-corrected chi connectivity index (χ3v) is 3.54. The molecule has 4 nitrogen and oxygen atoms in total. The van der Waals surface area contributed by atoms with Gasteiger partial charge in [0.1, 0.15) is 5.82 Å². The molecular weight excluding hydrogens is 319 g/mol. The van der Waals surface area contributed by atoms with E-state index in [1.165, 1.54) is 18.2 Å². The van der Waals surface area contributed by atoms with Crippen LogP contribution in [0.4, 0.5) is 4.39 Å². The molecule has 1 atom stereocenters. The van der Waals surface area contributed by atoms with Crippen LogP contribution in [-0.2, 0) is 11.3 Å². The Balaban J connectivity index is 1.92. The quantitative estimate of drug-likeness (QED) is 0.883. The maximum Gasteiger partial charge on any atom is 0.223 e. The molecule has 0 radical (unpaired) electrons. The molecule has 2 rings (SSSR count). The van der Waals surface area contributed by atoms with Gasteiger partial charge in [0.05, 0.1) is 24.2 Å². The molecule has 2 aromatic carbocycles. The molecule has 23 heavy (non-hydrogen) atoms. The van der Waals surface area contributed by atoms with Gasteiger partial charge in [-0.2, -0.15) is 5.26 Å². The van der Waals surface area contributed by atoms with Gasteiger partial charge in [0, 0.05) is 17.1 Å². The molecule has 0 aromatic heterocycles. The number of hydrogen-bond acceptors (Lipinski definition) is 3. The number of carbonyl (C=O) groups excluding carboxylic acids is 1. The highest BCUT2D eigenvalue weighted by molar-refractivity contribution is 6.30. The predicted octanol–water partition coefficient (Wildman–Crippen LogP) is 3.09. The molecule has 2 N–H and O–H groups in total. The molecule has 0 saturated heterocycles. The average Bonchev–Trinajstić information content (AvgIpc) is 2.54. The summed E-state index contributed by atoms with van der Waals surface area (Å²) in [5, 5.41) is 21.9. The lowest BCUT2D eigenvalue weighted by Crippen LogP contribution is -2.25. The second-order valence-electron chi connectivity index (χ2n) is 4.97. The summed E-state index contributed by atoms with van der Waals surface area (Å²) >= 11 is 5.76. The lowest BCUT2D eigenvalue weighted by Gasteiger charge is -2.12. The Hall–Kier alpha value is -2.42. The van der Waals surface area contributed by atoms with E-state index >= 15 is 0 Å². The molecule has 0 aliphatic heterocycles. The van der Waals surface area contributed by atoms with Gasteiger partial charge < -0.3 is 10.4 Å². The maximum absolute atomic E-state index is 13.6. The van der Waals surface area contributed by atoms with Crippen LogP contribution in [0.15, 0.2) is 42.5 Å². The monoisotopic (exact) mass is 332 g/mol. The first-order valence-corrected chi connectivity index (χ1v) is 7.26. The molecule has 1 amide bonds. The van der Waals surface area contributed by atoms with Crippen LogP contribution < -0.4 is 5.32 Å². The minimum absolute atomic E-state index is 0.0481. The van der Waals surface area contributed by atoms with Gasteiger partial charge in [-0.3, -0.25) is 4.79 Å². The van der Waals surface area contributed by atoms with Crippen molar-refractivity contribution in [1.82, 2.24) is 5.32 Å². The summed E-state index contributed by atoms with van der Waals surface area (Å²) < 4.78 is 13.6. The number of hydrogen-bond donors (Lipinski definition) is 2. The fourth-order valence-electron chi connectivity index (χ4n) is 2.02. The highest BCUT2D eigenvalue weighted by Crippen LogP contribution is 2.19. The van der Waals surface area contributed by atoms with E-state index in [0.717, 1.165) is 0 Å². The Morgan fingerprint density at radius 2 is 2.00 bits per heavy atom. The topological polar surface area (TPSA) is 73.1 Å². The smallest absolute Gasteiger partial charge is 0.223 e.